The van der Waals surface area contributed by atoms with Gasteiger partial charge >= 0.3 is 6.08 Å². The summed E-state index contributed by atoms with van der Waals surface area (Å²) in [6.07, 6.45) is -1.26. The molecule has 0 fully saturated rings. The van der Waals surface area contributed by atoms with Crippen LogP contribution in [0.15, 0.2) is 35.2 Å². The highest BCUT2D eigenvalue weighted by molar-refractivity contribution is 7.85. The molecule has 1 aromatic heterocycles. The molecule has 6 nitrogen and oxygen atoms in total. The minimum atomic E-state index is -4.35. The van der Waals surface area contributed by atoms with E-state index in [0.717, 1.165) is 12.1 Å². The molecule has 0 unspecified atom stereocenters. The van der Waals surface area contributed by atoms with Crippen molar-refractivity contribution in [1.29, 1.82) is 0 Å². The summed E-state index contributed by atoms with van der Waals surface area (Å²) in [7, 11) is -4.35. The second-order valence-corrected chi connectivity index (χ2v) is 4.89. The van der Waals surface area contributed by atoms with Crippen LogP contribution >= 0.6 is 0 Å². The van der Waals surface area contributed by atoms with Gasteiger partial charge in [-0.3, -0.25) is 4.55 Å². The zero-order chi connectivity index (χ0) is 14.0. The maximum absolute atomic E-state index is 12.8. The highest BCUT2D eigenvalue weighted by Crippen LogP contribution is 2.19. The summed E-state index contributed by atoms with van der Waals surface area (Å²) in [6.45, 7) is 0. The first-order chi connectivity index (χ1) is 8.84. The van der Waals surface area contributed by atoms with Crippen LogP contribution in [0.2, 0.25) is 0 Å². The molecule has 0 aliphatic heterocycles. The van der Waals surface area contributed by atoms with Gasteiger partial charge in [-0.25, -0.2) is 0 Å². The number of halogens is 2. The summed E-state index contributed by atoms with van der Waals surface area (Å²) in [4.78, 5) is 5.74. The molecule has 2 N–H and O–H groups in total. The molecule has 0 saturated heterocycles. The fourth-order valence-electron chi connectivity index (χ4n) is 1.34. The molecule has 2 rings (SSSR count). The van der Waals surface area contributed by atoms with Gasteiger partial charge in [0.25, 0.3) is 10.1 Å². The Labute approximate surface area is 106 Å². The molecule has 1 heterocycles. The minimum Gasteiger partial charge on any atom is -0.340 e. The first-order valence-electron chi connectivity index (χ1n) is 4.89. The van der Waals surface area contributed by atoms with E-state index in [-0.39, 0.29) is 16.4 Å². The lowest BCUT2D eigenvalue weighted by molar-refractivity contribution is 0.482. The number of rotatable bonds is 3. The maximum atomic E-state index is 12.8. The molecule has 0 spiro atoms. The van der Waals surface area contributed by atoms with E-state index in [2.05, 4.69) is 15.3 Å². The molecular weight excluding hydrogens is 280 g/mol. The summed E-state index contributed by atoms with van der Waals surface area (Å²) in [5.74, 6) is -1.25. The average Bonchev–Trinajstić information content (AvgIpc) is 2.26. The Morgan fingerprint density at radius 3 is 2.53 bits per heavy atom. The largest absolute Gasteiger partial charge is 0.340 e. The van der Waals surface area contributed by atoms with Crippen molar-refractivity contribution in [3.05, 3.63) is 42.4 Å². The van der Waals surface area contributed by atoms with E-state index < -0.39 is 22.1 Å². The molecule has 0 aliphatic carbocycles. The molecule has 0 amide bonds. The van der Waals surface area contributed by atoms with E-state index in [1.165, 1.54) is 18.2 Å². The monoisotopic (exact) mass is 287 g/mol. The van der Waals surface area contributed by atoms with Crippen LogP contribution in [0.25, 0.3) is 0 Å². The molecule has 0 aliphatic rings. The van der Waals surface area contributed by atoms with E-state index in [1.807, 2.05) is 0 Å². The quantitative estimate of drug-likeness (QED) is 0.507. The summed E-state index contributed by atoms with van der Waals surface area (Å²) in [6, 6.07) is 5.88. The Morgan fingerprint density at radius 2 is 1.89 bits per heavy atom. The van der Waals surface area contributed by atoms with Gasteiger partial charge in [-0.1, -0.05) is 6.07 Å². The molecule has 100 valence electrons. The van der Waals surface area contributed by atoms with E-state index >= 15 is 0 Å². The van der Waals surface area contributed by atoms with Gasteiger partial charge in [0.2, 0.25) is 5.95 Å². The van der Waals surface area contributed by atoms with Crippen LogP contribution in [0.5, 0.6) is 0 Å². The van der Waals surface area contributed by atoms with E-state index in [0.29, 0.717) is 0 Å². The topological polar surface area (TPSA) is 92.2 Å². The Bertz CT molecular complexity index is 701. The Balaban J connectivity index is 2.33. The fraction of sp³-hybridized carbons (Fsp3) is 0. The second-order valence-electron chi connectivity index (χ2n) is 3.47. The third-order valence-electron chi connectivity index (χ3n) is 2.07. The van der Waals surface area contributed by atoms with E-state index in [1.54, 1.807) is 0 Å². The number of anilines is 2. The number of aromatic nitrogens is 2. The Kier molecular flexibility index (Phi) is 3.40. The number of hydrogen-bond donors (Lipinski definition) is 2. The lowest BCUT2D eigenvalue weighted by atomic mass is 10.3. The predicted molar refractivity (Wildman–Crippen MR) is 61.5 cm³/mol. The third kappa shape index (κ3) is 3.42. The molecule has 0 bridgehead atoms. The van der Waals surface area contributed by atoms with Crippen molar-refractivity contribution in [3.8, 4) is 0 Å². The van der Waals surface area contributed by atoms with Crippen molar-refractivity contribution in [3.63, 3.8) is 0 Å². The predicted octanol–water partition coefficient (Wildman–Crippen LogP) is 1.75. The van der Waals surface area contributed by atoms with Crippen LogP contribution in [-0.2, 0) is 10.1 Å². The van der Waals surface area contributed by atoms with Gasteiger partial charge in [-0.15, -0.1) is 0 Å². The first kappa shape index (κ1) is 13.3. The van der Waals surface area contributed by atoms with Gasteiger partial charge in [0.05, 0.1) is 4.90 Å². The lowest BCUT2D eigenvalue weighted by Crippen LogP contribution is -2.02. The zero-order valence-corrected chi connectivity index (χ0v) is 10.0. The van der Waals surface area contributed by atoms with Crippen LogP contribution in [0.4, 0.5) is 20.3 Å². The molecular formula is C10H7F2N3O3S. The average molecular weight is 287 g/mol. The van der Waals surface area contributed by atoms with Crippen molar-refractivity contribution >= 4 is 21.6 Å². The van der Waals surface area contributed by atoms with Crippen LogP contribution in [0.3, 0.4) is 0 Å². The summed E-state index contributed by atoms with van der Waals surface area (Å²) in [5, 5.41) is 2.49. The van der Waals surface area contributed by atoms with Crippen molar-refractivity contribution in [2.24, 2.45) is 0 Å². The maximum Gasteiger partial charge on any atom is 0.313 e. The number of nitrogens with zero attached hydrogens (tertiary/aromatic N) is 2. The van der Waals surface area contributed by atoms with Crippen molar-refractivity contribution in [2.45, 2.75) is 4.90 Å². The van der Waals surface area contributed by atoms with E-state index in [4.69, 9.17) is 4.55 Å². The van der Waals surface area contributed by atoms with Gasteiger partial charge < -0.3 is 5.32 Å². The minimum absolute atomic E-state index is 0.183. The Hall–Kier alpha value is -2.13. The molecule has 1 aromatic carbocycles. The third-order valence-corrected chi connectivity index (χ3v) is 2.92. The van der Waals surface area contributed by atoms with Crippen LogP contribution in [0, 0.1) is 12.0 Å². The SMILES string of the molecule is O=S(=O)(O)c1cccc(Nc2cc(F)nc(F)n2)c1. The summed E-state index contributed by atoms with van der Waals surface area (Å²) in [5.41, 5.74) is 0.188. The Morgan fingerprint density at radius 1 is 1.16 bits per heavy atom. The van der Waals surface area contributed by atoms with Gasteiger partial charge in [-0.05, 0) is 18.2 Å². The highest BCUT2D eigenvalue weighted by atomic mass is 32.2. The van der Waals surface area contributed by atoms with Gasteiger partial charge in [0.1, 0.15) is 5.82 Å². The molecule has 0 atom stereocenters. The standard InChI is InChI=1S/C10H7F2N3O3S/c11-8-5-9(15-10(12)14-8)13-6-2-1-3-7(4-6)19(16,17)18/h1-5H,(H,13,14,15)(H,16,17,18). The number of nitrogens with one attached hydrogen (secondary N) is 1. The van der Waals surface area contributed by atoms with Crippen LogP contribution < -0.4 is 5.32 Å². The van der Waals surface area contributed by atoms with Crippen molar-refractivity contribution in [2.75, 3.05) is 5.32 Å². The van der Waals surface area contributed by atoms with Crippen LogP contribution in [0.1, 0.15) is 0 Å². The fourth-order valence-corrected chi connectivity index (χ4v) is 1.86. The first-order valence-corrected chi connectivity index (χ1v) is 6.33. The normalized spacial score (nSPS) is 11.3. The number of benzene rings is 1. The van der Waals surface area contributed by atoms with Gasteiger partial charge in [0.15, 0.2) is 0 Å². The highest BCUT2D eigenvalue weighted by Gasteiger charge is 2.10. The summed E-state index contributed by atoms with van der Waals surface area (Å²) >= 11 is 0. The lowest BCUT2D eigenvalue weighted by Gasteiger charge is -2.06. The van der Waals surface area contributed by atoms with Crippen molar-refractivity contribution in [1.82, 2.24) is 9.97 Å². The second kappa shape index (κ2) is 4.86. The van der Waals surface area contributed by atoms with E-state index in [9.17, 15) is 17.2 Å². The van der Waals surface area contributed by atoms with Crippen LogP contribution in [-0.4, -0.2) is 22.9 Å². The zero-order valence-electron chi connectivity index (χ0n) is 9.21. The molecule has 0 saturated carbocycles. The molecule has 2 aromatic rings. The number of hydrogen-bond acceptors (Lipinski definition) is 5. The van der Waals surface area contributed by atoms with Gasteiger partial charge in [-0.2, -0.15) is 27.2 Å². The summed E-state index contributed by atoms with van der Waals surface area (Å²) < 4.78 is 56.3. The molecule has 0 radical (unpaired) electrons. The smallest absolute Gasteiger partial charge is 0.313 e. The van der Waals surface area contributed by atoms with Crippen molar-refractivity contribution < 1.29 is 21.8 Å². The molecule has 9 heteroatoms. The van der Waals surface area contributed by atoms with Gasteiger partial charge in [0, 0.05) is 11.8 Å². The molecule has 19 heavy (non-hydrogen) atoms.